The summed E-state index contributed by atoms with van der Waals surface area (Å²) in [4.78, 5) is 10.1. The van der Waals surface area contributed by atoms with E-state index in [9.17, 15) is 0 Å². The van der Waals surface area contributed by atoms with E-state index in [0.29, 0.717) is 0 Å². The topological polar surface area (TPSA) is 35.1 Å². The maximum Gasteiger partial charge on any atom is 0.141 e. The highest BCUT2D eigenvalue weighted by Crippen LogP contribution is 2.43. The lowest BCUT2D eigenvalue weighted by Gasteiger charge is -2.14. The molecule has 4 heteroatoms. The van der Waals surface area contributed by atoms with Crippen molar-refractivity contribution in [2.45, 2.75) is 12.8 Å². The molecule has 0 spiro atoms. The molecule has 0 saturated heterocycles. The Bertz CT molecular complexity index is 3040. The molecule has 4 nitrogen and oxygen atoms in total. The van der Waals surface area contributed by atoms with Crippen LogP contribution in [-0.4, -0.2) is 20.3 Å². The highest BCUT2D eigenvalue weighted by Gasteiger charge is 2.22. The van der Waals surface area contributed by atoms with Gasteiger partial charge in [-0.05, 0) is 78.1 Å². The molecule has 0 amide bonds. The van der Waals surface area contributed by atoms with Crippen molar-refractivity contribution in [2.75, 3.05) is 0 Å². The summed E-state index contributed by atoms with van der Waals surface area (Å²) in [7, 11) is 0. The highest BCUT2D eigenvalue weighted by molar-refractivity contribution is 6.14. The van der Waals surface area contributed by atoms with E-state index in [1.165, 1.54) is 55.0 Å². The van der Waals surface area contributed by atoms with E-state index in [4.69, 9.17) is 9.98 Å². The Balaban J connectivity index is 1.08. The average molecular weight is 717 g/mol. The Morgan fingerprint density at radius 3 is 1.80 bits per heavy atom. The summed E-state index contributed by atoms with van der Waals surface area (Å²) in [5.74, 6) is 1.04. The first-order valence-corrected chi connectivity index (χ1v) is 19.3. The first kappa shape index (κ1) is 32.2. The van der Waals surface area contributed by atoms with Gasteiger partial charge in [0.2, 0.25) is 0 Å². The van der Waals surface area contributed by atoms with Gasteiger partial charge in [-0.1, -0.05) is 140 Å². The second-order valence-corrected chi connectivity index (χ2v) is 14.5. The van der Waals surface area contributed by atoms with Crippen molar-refractivity contribution in [2.24, 2.45) is 4.99 Å². The lowest BCUT2D eigenvalue weighted by Crippen LogP contribution is -1.97. The maximum absolute atomic E-state index is 5.21. The molecule has 0 bridgehead atoms. The summed E-state index contributed by atoms with van der Waals surface area (Å²) in [5, 5.41) is 3.74. The Labute approximate surface area is 325 Å². The summed E-state index contributed by atoms with van der Waals surface area (Å²) >= 11 is 0. The molecule has 56 heavy (non-hydrogen) atoms. The molecule has 4 heterocycles. The number of aromatic nitrogens is 3. The number of aliphatic imine (C=N–C) groups is 1. The summed E-state index contributed by atoms with van der Waals surface area (Å²) < 4.78 is 4.77. The van der Waals surface area contributed by atoms with Crippen LogP contribution in [-0.2, 0) is 6.42 Å². The van der Waals surface area contributed by atoms with E-state index < -0.39 is 0 Å². The molecule has 0 aliphatic carbocycles. The third-order valence-corrected chi connectivity index (χ3v) is 11.2. The Kier molecular flexibility index (Phi) is 7.59. The van der Waals surface area contributed by atoms with Crippen LogP contribution in [0.25, 0.3) is 88.9 Å². The van der Waals surface area contributed by atoms with Gasteiger partial charge < -0.3 is 4.57 Å². The fourth-order valence-corrected chi connectivity index (χ4v) is 8.62. The van der Waals surface area contributed by atoms with E-state index in [0.717, 1.165) is 58.1 Å². The lowest BCUT2D eigenvalue weighted by atomic mass is 9.99. The van der Waals surface area contributed by atoms with Crippen LogP contribution in [0, 0.1) is 0 Å². The molecular formula is C52H36N4. The van der Waals surface area contributed by atoms with E-state index in [-0.39, 0.29) is 0 Å². The molecule has 0 atom stereocenters. The molecule has 0 radical (unpaired) electrons. The van der Waals surface area contributed by atoms with Gasteiger partial charge in [0.05, 0.1) is 27.9 Å². The number of nitrogens with zero attached hydrogens (tertiary/aromatic N) is 4. The maximum atomic E-state index is 5.21. The fraction of sp³-hybridized carbons (Fsp3) is 0.0385. The molecule has 7 aromatic carbocycles. The zero-order chi connectivity index (χ0) is 37.0. The van der Waals surface area contributed by atoms with Crippen LogP contribution < -0.4 is 0 Å². The van der Waals surface area contributed by atoms with Gasteiger partial charge in [0.15, 0.2) is 0 Å². The van der Waals surface area contributed by atoms with Crippen molar-refractivity contribution in [1.82, 2.24) is 14.1 Å². The van der Waals surface area contributed by atoms with Crippen molar-refractivity contribution < 1.29 is 0 Å². The SMILES string of the molecule is C1=Nc2c(c3ccc(-c4cccc5c6ccccc6n(-c6ccc(-c7cc(-c8ccccc8)cc(-c8ccccc8)n7)cc6)c45)cc3n2-c2ccccc2)CC1. The number of fused-ring (bicyclic) bond motifs is 6. The monoisotopic (exact) mass is 716 g/mol. The first-order valence-electron chi connectivity index (χ1n) is 19.3. The lowest BCUT2D eigenvalue weighted by molar-refractivity contribution is 1.00. The van der Waals surface area contributed by atoms with Crippen LogP contribution in [0.15, 0.2) is 193 Å². The quantitative estimate of drug-likeness (QED) is 0.169. The predicted octanol–water partition coefficient (Wildman–Crippen LogP) is 13.4. The molecule has 0 saturated carbocycles. The van der Waals surface area contributed by atoms with Crippen LogP contribution in [0.1, 0.15) is 12.0 Å². The van der Waals surface area contributed by atoms with Crippen LogP contribution in [0.4, 0.5) is 5.82 Å². The van der Waals surface area contributed by atoms with Crippen molar-refractivity contribution >= 4 is 44.7 Å². The minimum atomic E-state index is 0.946. The van der Waals surface area contributed by atoms with Gasteiger partial charge in [0.1, 0.15) is 5.82 Å². The van der Waals surface area contributed by atoms with E-state index in [1.54, 1.807) is 0 Å². The molecule has 0 unspecified atom stereocenters. The third-order valence-electron chi connectivity index (χ3n) is 11.2. The summed E-state index contributed by atoms with van der Waals surface area (Å²) in [6.45, 7) is 0. The number of rotatable bonds is 6. The summed E-state index contributed by atoms with van der Waals surface area (Å²) in [5.41, 5.74) is 15.9. The third kappa shape index (κ3) is 5.30. The van der Waals surface area contributed by atoms with Crippen molar-refractivity contribution in [3.05, 3.63) is 194 Å². The van der Waals surface area contributed by atoms with Gasteiger partial charge in [-0.3, -0.25) is 4.57 Å². The number of hydrogen-bond acceptors (Lipinski definition) is 2. The van der Waals surface area contributed by atoms with Gasteiger partial charge in [0, 0.05) is 56.0 Å². The minimum absolute atomic E-state index is 0.946. The van der Waals surface area contributed by atoms with Crippen LogP contribution >= 0.6 is 0 Å². The second-order valence-electron chi connectivity index (χ2n) is 14.5. The average Bonchev–Trinajstić information content (AvgIpc) is 3.80. The molecule has 0 fully saturated rings. The second kappa shape index (κ2) is 13.2. The van der Waals surface area contributed by atoms with Gasteiger partial charge in [-0.15, -0.1) is 0 Å². The smallest absolute Gasteiger partial charge is 0.141 e. The number of benzene rings is 7. The molecule has 11 rings (SSSR count). The van der Waals surface area contributed by atoms with Crippen molar-refractivity contribution in [1.29, 1.82) is 0 Å². The zero-order valence-corrected chi connectivity index (χ0v) is 30.7. The molecule has 3 aromatic heterocycles. The Hall–Kier alpha value is -7.30. The van der Waals surface area contributed by atoms with Crippen LogP contribution in [0.2, 0.25) is 0 Å². The van der Waals surface area contributed by atoms with Crippen LogP contribution in [0.5, 0.6) is 0 Å². The predicted molar refractivity (Wildman–Crippen MR) is 234 cm³/mol. The zero-order valence-electron chi connectivity index (χ0n) is 30.7. The first-order chi connectivity index (χ1) is 27.8. The number of hydrogen-bond donors (Lipinski definition) is 0. The number of aryl methyl sites for hydroxylation is 1. The van der Waals surface area contributed by atoms with Gasteiger partial charge in [0.25, 0.3) is 0 Å². The molecule has 1 aliphatic heterocycles. The molecule has 1 aliphatic rings. The van der Waals surface area contributed by atoms with Crippen LogP contribution in [0.3, 0.4) is 0 Å². The standard InChI is InChI=1S/C52H36N4/c1-4-14-35(15-5-1)39-32-47(36-16-6-2-7-17-36)54-48(33-39)37-25-28-41(29-26-37)55-49-24-11-10-20-43(49)45-22-12-21-42(51(45)55)38-27-30-44-46-23-13-31-53-52(46)56(50(44)34-38)40-18-8-3-9-19-40/h1-12,14-22,24-34H,13,23H2. The Morgan fingerprint density at radius 2 is 1.04 bits per heavy atom. The van der Waals surface area contributed by atoms with E-state index >= 15 is 0 Å². The van der Waals surface area contributed by atoms with E-state index in [2.05, 4.69) is 197 Å². The van der Waals surface area contributed by atoms with Crippen molar-refractivity contribution in [3.8, 4) is 56.1 Å². The largest absolute Gasteiger partial charge is 0.309 e. The minimum Gasteiger partial charge on any atom is -0.309 e. The molecule has 0 N–H and O–H groups in total. The Morgan fingerprint density at radius 1 is 0.411 bits per heavy atom. The van der Waals surface area contributed by atoms with Gasteiger partial charge in [-0.25, -0.2) is 9.98 Å². The van der Waals surface area contributed by atoms with E-state index in [1.807, 2.05) is 6.07 Å². The summed E-state index contributed by atoms with van der Waals surface area (Å²) in [6.07, 6.45) is 4.02. The number of pyridine rings is 1. The fourth-order valence-electron chi connectivity index (χ4n) is 8.62. The highest BCUT2D eigenvalue weighted by atomic mass is 15.1. The normalized spacial score (nSPS) is 12.4. The van der Waals surface area contributed by atoms with Gasteiger partial charge >= 0.3 is 0 Å². The molecular weight excluding hydrogens is 681 g/mol. The van der Waals surface area contributed by atoms with Crippen molar-refractivity contribution in [3.63, 3.8) is 0 Å². The summed E-state index contributed by atoms with van der Waals surface area (Å²) in [6, 6.07) is 67.4. The molecule has 10 aromatic rings. The number of para-hydroxylation sites is 3. The van der Waals surface area contributed by atoms with Gasteiger partial charge in [-0.2, -0.15) is 0 Å². The molecule has 264 valence electrons.